The van der Waals surface area contributed by atoms with Gasteiger partial charge in [-0.25, -0.2) is 0 Å². The zero-order chi connectivity index (χ0) is 21.5. The van der Waals surface area contributed by atoms with Gasteiger partial charge in [0.25, 0.3) is 11.8 Å². The molecule has 0 radical (unpaired) electrons. The highest BCUT2D eigenvalue weighted by Crippen LogP contribution is 2.27. The number of hydrogen-bond acceptors (Lipinski definition) is 2. The van der Waals surface area contributed by atoms with E-state index >= 15 is 0 Å². The highest BCUT2D eigenvalue weighted by molar-refractivity contribution is 6.30. The number of hydrogen-bond donors (Lipinski definition) is 3. The molecule has 0 fully saturated rings. The van der Waals surface area contributed by atoms with Crippen LogP contribution in [0.3, 0.4) is 0 Å². The molecule has 0 bridgehead atoms. The maximum absolute atomic E-state index is 12.8. The summed E-state index contributed by atoms with van der Waals surface area (Å²) in [6.07, 6.45) is 0. The Morgan fingerprint density at radius 1 is 0.900 bits per heavy atom. The molecule has 0 aliphatic rings. The number of carbonyl (C=O) groups is 2. The van der Waals surface area contributed by atoms with Gasteiger partial charge in [-0.2, -0.15) is 0 Å². The topological polar surface area (TPSA) is 62.6 Å². The zero-order valence-corrected chi connectivity index (χ0v) is 17.7. The first kappa shape index (κ1) is 21.6. The molecule has 0 aliphatic carbocycles. The Morgan fingerprint density at radius 3 is 2.23 bits per heavy atom. The van der Waals surface area contributed by atoms with Crippen LogP contribution in [0.2, 0.25) is 5.02 Å². The summed E-state index contributed by atoms with van der Waals surface area (Å²) in [5.74, 6) is -0.311. The lowest BCUT2D eigenvalue weighted by molar-refractivity contribution is -0.885. The van der Waals surface area contributed by atoms with Crippen molar-refractivity contribution in [3.05, 3.63) is 83.9 Å². The largest absolute Gasteiger partial charge is 0.321 e. The lowest BCUT2D eigenvalue weighted by Crippen LogP contribution is -3.14. The number of benzene rings is 3. The molecule has 0 heterocycles. The molecule has 5 nitrogen and oxygen atoms in total. The van der Waals surface area contributed by atoms with Crippen molar-refractivity contribution >= 4 is 34.8 Å². The van der Waals surface area contributed by atoms with Crippen molar-refractivity contribution < 1.29 is 14.5 Å². The van der Waals surface area contributed by atoms with E-state index in [0.717, 1.165) is 21.7 Å². The smallest absolute Gasteiger partial charge is 0.282 e. The fourth-order valence-electron chi connectivity index (χ4n) is 3.07. The number of quaternary nitrogens is 1. The molecule has 2 atom stereocenters. The van der Waals surface area contributed by atoms with Crippen molar-refractivity contribution in [2.24, 2.45) is 0 Å². The van der Waals surface area contributed by atoms with Crippen LogP contribution in [0.15, 0.2) is 78.9 Å². The fraction of sp³-hybridized carbons (Fsp3) is 0.167. The van der Waals surface area contributed by atoms with E-state index < -0.39 is 6.04 Å². The molecule has 0 aromatic heterocycles. The van der Waals surface area contributed by atoms with Gasteiger partial charge in [-0.1, -0.05) is 60.1 Å². The second-order valence-corrected chi connectivity index (χ2v) is 7.64. The van der Waals surface area contributed by atoms with E-state index in [-0.39, 0.29) is 18.4 Å². The van der Waals surface area contributed by atoms with Gasteiger partial charge in [0.1, 0.15) is 0 Å². The molecule has 3 rings (SSSR count). The first-order chi connectivity index (χ1) is 14.4. The summed E-state index contributed by atoms with van der Waals surface area (Å²) >= 11 is 5.86. The first-order valence-electron chi connectivity index (χ1n) is 9.77. The minimum Gasteiger partial charge on any atom is -0.321 e. The summed E-state index contributed by atoms with van der Waals surface area (Å²) in [5, 5.41) is 6.44. The van der Waals surface area contributed by atoms with Gasteiger partial charge in [0.15, 0.2) is 12.6 Å². The molecule has 3 aromatic rings. The number of likely N-dealkylation sites (N-methyl/N-ethyl adjacent to an activating group) is 1. The molecule has 0 saturated heterocycles. The second-order valence-electron chi connectivity index (χ2n) is 7.20. The summed E-state index contributed by atoms with van der Waals surface area (Å²) in [4.78, 5) is 26.0. The molecule has 3 aromatic carbocycles. The van der Waals surface area contributed by atoms with Crippen LogP contribution in [-0.2, 0) is 9.59 Å². The Bertz CT molecular complexity index is 1010. The van der Waals surface area contributed by atoms with Crippen molar-refractivity contribution in [1.29, 1.82) is 0 Å². The van der Waals surface area contributed by atoms with Gasteiger partial charge in [-0.15, -0.1) is 0 Å². The molecule has 0 spiro atoms. The Hall–Kier alpha value is -3.15. The summed E-state index contributed by atoms with van der Waals surface area (Å²) in [6, 6.07) is 24.1. The lowest BCUT2D eigenvalue weighted by Gasteiger charge is -2.21. The van der Waals surface area contributed by atoms with Crippen LogP contribution >= 0.6 is 11.6 Å². The number of amides is 2. The van der Waals surface area contributed by atoms with Crippen LogP contribution < -0.4 is 15.5 Å². The van der Waals surface area contributed by atoms with Crippen molar-refractivity contribution in [2.75, 3.05) is 24.2 Å². The average molecular weight is 423 g/mol. The van der Waals surface area contributed by atoms with Gasteiger partial charge in [0.05, 0.1) is 7.05 Å². The second kappa shape index (κ2) is 10.1. The van der Waals surface area contributed by atoms with Crippen LogP contribution in [0.5, 0.6) is 0 Å². The van der Waals surface area contributed by atoms with E-state index in [0.29, 0.717) is 10.7 Å². The zero-order valence-electron chi connectivity index (χ0n) is 17.0. The SMILES string of the molecule is C[C@@H](C(=O)Nc1ccccc1-c1ccccc1)[NH+](C)CC(=O)Nc1ccc(Cl)cc1. The lowest BCUT2D eigenvalue weighted by atomic mass is 10.0. The maximum Gasteiger partial charge on any atom is 0.282 e. The fourth-order valence-corrected chi connectivity index (χ4v) is 3.20. The predicted octanol–water partition coefficient (Wildman–Crippen LogP) is 3.49. The molecule has 30 heavy (non-hydrogen) atoms. The number of nitrogens with one attached hydrogen (secondary N) is 3. The summed E-state index contributed by atoms with van der Waals surface area (Å²) in [5.41, 5.74) is 3.41. The summed E-state index contributed by atoms with van der Waals surface area (Å²) in [6.45, 7) is 1.98. The Morgan fingerprint density at radius 2 is 1.53 bits per heavy atom. The average Bonchev–Trinajstić information content (AvgIpc) is 2.75. The number of para-hydroxylation sites is 1. The maximum atomic E-state index is 12.8. The summed E-state index contributed by atoms with van der Waals surface area (Å²) < 4.78 is 0. The highest BCUT2D eigenvalue weighted by Gasteiger charge is 2.24. The van der Waals surface area contributed by atoms with Gasteiger partial charge in [0.2, 0.25) is 0 Å². The molecular formula is C24H25ClN3O2+. The number of rotatable bonds is 7. The monoisotopic (exact) mass is 422 g/mol. The van der Waals surface area contributed by atoms with E-state index in [4.69, 9.17) is 11.6 Å². The van der Waals surface area contributed by atoms with Crippen LogP contribution in [0.25, 0.3) is 11.1 Å². The Kier molecular flexibility index (Phi) is 7.22. The molecule has 2 amide bonds. The molecule has 6 heteroatoms. The Balaban J connectivity index is 1.62. The third kappa shape index (κ3) is 5.69. The van der Waals surface area contributed by atoms with Gasteiger partial charge in [-0.05, 0) is 42.8 Å². The van der Waals surface area contributed by atoms with E-state index in [1.54, 1.807) is 24.3 Å². The van der Waals surface area contributed by atoms with E-state index in [1.165, 1.54) is 0 Å². The Labute approximate surface area is 181 Å². The van der Waals surface area contributed by atoms with Gasteiger partial charge < -0.3 is 15.5 Å². The van der Waals surface area contributed by atoms with Crippen molar-refractivity contribution in [1.82, 2.24) is 0 Å². The highest BCUT2D eigenvalue weighted by atomic mass is 35.5. The molecule has 0 saturated carbocycles. The molecule has 3 N–H and O–H groups in total. The minimum atomic E-state index is -0.412. The predicted molar refractivity (Wildman–Crippen MR) is 122 cm³/mol. The number of halogens is 1. The summed E-state index contributed by atoms with van der Waals surface area (Å²) in [7, 11) is 1.83. The van der Waals surface area contributed by atoms with Crippen LogP contribution in [-0.4, -0.2) is 31.4 Å². The van der Waals surface area contributed by atoms with E-state index in [2.05, 4.69) is 10.6 Å². The van der Waals surface area contributed by atoms with Crippen LogP contribution in [0, 0.1) is 0 Å². The first-order valence-corrected chi connectivity index (χ1v) is 10.1. The van der Waals surface area contributed by atoms with Crippen LogP contribution in [0.4, 0.5) is 11.4 Å². The quantitative estimate of drug-likeness (QED) is 0.545. The van der Waals surface area contributed by atoms with Crippen molar-refractivity contribution in [2.45, 2.75) is 13.0 Å². The van der Waals surface area contributed by atoms with E-state index in [9.17, 15) is 9.59 Å². The van der Waals surface area contributed by atoms with Gasteiger partial charge in [0, 0.05) is 22.0 Å². The van der Waals surface area contributed by atoms with Crippen molar-refractivity contribution in [3.8, 4) is 11.1 Å². The standard InChI is InChI=1S/C24H24ClN3O2/c1-17(28(2)16-23(29)26-20-14-12-19(25)13-15-20)24(30)27-22-11-7-6-10-21(22)18-8-4-3-5-9-18/h3-15,17H,16H2,1-2H3,(H,26,29)(H,27,30)/p+1/t17-/m0/s1. The van der Waals surface area contributed by atoms with Gasteiger partial charge in [-0.3, -0.25) is 9.59 Å². The molecule has 1 unspecified atom stereocenters. The van der Waals surface area contributed by atoms with E-state index in [1.807, 2.05) is 68.6 Å². The number of carbonyl (C=O) groups excluding carboxylic acids is 2. The minimum absolute atomic E-state index is 0.143. The molecular weight excluding hydrogens is 398 g/mol. The third-order valence-electron chi connectivity index (χ3n) is 4.97. The van der Waals surface area contributed by atoms with Crippen molar-refractivity contribution in [3.63, 3.8) is 0 Å². The number of anilines is 2. The van der Waals surface area contributed by atoms with Crippen LogP contribution in [0.1, 0.15) is 6.92 Å². The molecule has 154 valence electrons. The normalized spacial score (nSPS) is 12.6. The van der Waals surface area contributed by atoms with Gasteiger partial charge >= 0.3 is 0 Å². The third-order valence-corrected chi connectivity index (χ3v) is 5.22. The molecule has 0 aliphatic heterocycles.